The smallest absolute Gasteiger partial charge is 0.119 e. The van der Waals surface area contributed by atoms with Crippen LogP contribution in [0.3, 0.4) is 0 Å². The highest BCUT2D eigenvalue weighted by atomic mass is 127. The molecule has 3 nitrogen and oxygen atoms in total. The van der Waals surface area contributed by atoms with Crippen LogP contribution in [0.5, 0.6) is 11.5 Å². The van der Waals surface area contributed by atoms with Crippen LogP contribution in [-0.4, -0.2) is 24.2 Å². The minimum atomic E-state index is 0.104. The van der Waals surface area contributed by atoms with Gasteiger partial charge in [0.25, 0.3) is 0 Å². The van der Waals surface area contributed by atoms with Crippen LogP contribution in [0.25, 0.3) is 0 Å². The van der Waals surface area contributed by atoms with Crippen molar-refractivity contribution < 1.29 is 14.2 Å². The third kappa shape index (κ3) is 6.79. The predicted molar refractivity (Wildman–Crippen MR) is 102 cm³/mol. The van der Waals surface area contributed by atoms with E-state index in [0.29, 0.717) is 13.2 Å². The quantitative estimate of drug-likeness (QED) is 0.401. The molecule has 0 aliphatic carbocycles. The summed E-state index contributed by atoms with van der Waals surface area (Å²) >= 11 is 2.40. The molecule has 0 spiro atoms. The summed E-state index contributed by atoms with van der Waals surface area (Å²) in [7, 11) is 1.66. The second-order valence-electron chi connectivity index (χ2n) is 5.24. The molecule has 0 N–H and O–H groups in total. The second-order valence-corrected chi connectivity index (χ2v) is 6.32. The van der Waals surface area contributed by atoms with Crippen molar-refractivity contribution in [2.45, 2.75) is 25.6 Å². The Labute approximate surface area is 152 Å². The van der Waals surface area contributed by atoms with E-state index in [0.717, 1.165) is 28.8 Å². The van der Waals surface area contributed by atoms with E-state index < -0.39 is 0 Å². The Kier molecular flexibility index (Phi) is 8.25. The van der Waals surface area contributed by atoms with Crippen molar-refractivity contribution in [2.75, 3.05) is 18.1 Å². The number of halogens is 1. The Bertz CT molecular complexity index is 542. The van der Waals surface area contributed by atoms with Gasteiger partial charge in [0.2, 0.25) is 0 Å². The Morgan fingerprint density at radius 1 is 0.957 bits per heavy atom. The van der Waals surface area contributed by atoms with Gasteiger partial charge >= 0.3 is 0 Å². The van der Waals surface area contributed by atoms with E-state index >= 15 is 0 Å². The van der Waals surface area contributed by atoms with Gasteiger partial charge < -0.3 is 14.2 Å². The molecule has 0 aliphatic heterocycles. The fraction of sp³-hybridized carbons (Fsp3) is 0.368. The molecule has 1 unspecified atom stereocenters. The highest BCUT2D eigenvalue weighted by Gasteiger charge is 2.10. The minimum Gasteiger partial charge on any atom is -0.497 e. The first-order valence-electron chi connectivity index (χ1n) is 7.80. The predicted octanol–water partition coefficient (Wildman–Crippen LogP) is 4.87. The summed E-state index contributed by atoms with van der Waals surface area (Å²) in [4.78, 5) is 0. The summed E-state index contributed by atoms with van der Waals surface area (Å²) < 4.78 is 18.2. The summed E-state index contributed by atoms with van der Waals surface area (Å²) in [5.41, 5.74) is 1.19. The molecule has 0 saturated carbocycles. The maximum absolute atomic E-state index is 6.04. The first kappa shape index (κ1) is 18.1. The Balaban J connectivity index is 1.84. The highest BCUT2D eigenvalue weighted by Crippen LogP contribution is 2.18. The Morgan fingerprint density at radius 3 is 2.30 bits per heavy atom. The lowest BCUT2D eigenvalue weighted by molar-refractivity contribution is 0.00448. The highest BCUT2D eigenvalue weighted by molar-refractivity contribution is 14.1. The number of alkyl halides is 1. The van der Waals surface area contributed by atoms with Crippen LogP contribution in [-0.2, 0) is 11.3 Å². The molecule has 1 atom stereocenters. The summed E-state index contributed by atoms with van der Waals surface area (Å²) in [5, 5.41) is 0. The summed E-state index contributed by atoms with van der Waals surface area (Å²) in [6.07, 6.45) is 2.24. The maximum Gasteiger partial charge on any atom is 0.119 e. The molecule has 0 saturated heterocycles. The molecule has 0 amide bonds. The number of hydrogen-bond donors (Lipinski definition) is 0. The molecular weight excluding hydrogens is 403 g/mol. The van der Waals surface area contributed by atoms with Crippen LogP contribution >= 0.6 is 22.6 Å². The second kappa shape index (κ2) is 10.5. The zero-order valence-corrected chi connectivity index (χ0v) is 15.6. The average Bonchev–Trinajstić information content (AvgIpc) is 2.62. The lowest BCUT2D eigenvalue weighted by Crippen LogP contribution is -2.22. The largest absolute Gasteiger partial charge is 0.497 e. The van der Waals surface area contributed by atoms with Crippen LogP contribution in [0.15, 0.2) is 54.6 Å². The summed E-state index contributed by atoms with van der Waals surface area (Å²) in [5.74, 6) is 1.67. The van der Waals surface area contributed by atoms with Crippen LogP contribution in [0, 0.1) is 0 Å². The molecule has 0 bridgehead atoms. The zero-order chi connectivity index (χ0) is 16.3. The molecule has 0 fully saturated rings. The molecule has 0 aromatic heterocycles. The number of ether oxygens (including phenoxy) is 3. The Hall–Kier alpha value is -1.27. The normalized spacial score (nSPS) is 11.9. The van der Waals surface area contributed by atoms with Gasteiger partial charge in [0.05, 0.1) is 19.8 Å². The van der Waals surface area contributed by atoms with Gasteiger partial charge in [-0.15, -0.1) is 0 Å². The van der Waals surface area contributed by atoms with Crippen molar-refractivity contribution in [3.05, 3.63) is 60.2 Å². The van der Waals surface area contributed by atoms with Gasteiger partial charge in [-0.2, -0.15) is 0 Å². The molecule has 0 radical (unpaired) electrons. The lowest BCUT2D eigenvalue weighted by atomic mass is 10.2. The van der Waals surface area contributed by atoms with E-state index in [1.54, 1.807) is 7.11 Å². The monoisotopic (exact) mass is 426 g/mol. The summed E-state index contributed by atoms with van der Waals surface area (Å²) in [6, 6.07) is 17.9. The van der Waals surface area contributed by atoms with Gasteiger partial charge in [-0.1, -0.05) is 52.9 Å². The van der Waals surface area contributed by atoms with Gasteiger partial charge in [-0.25, -0.2) is 0 Å². The number of rotatable bonds is 10. The SMILES string of the molecule is COc1ccc(OCC(CCCI)OCc2ccccc2)cc1. The van der Waals surface area contributed by atoms with Crippen molar-refractivity contribution in [2.24, 2.45) is 0 Å². The van der Waals surface area contributed by atoms with Crippen LogP contribution in [0.4, 0.5) is 0 Å². The standard InChI is InChI=1S/C19H23IO3/c1-21-17-9-11-18(12-10-17)23-15-19(8-5-13-20)22-14-16-6-3-2-4-7-16/h2-4,6-7,9-12,19H,5,8,13-15H2,1H3. The van der Waals surface area contributed by atoms with Crippen molar-refractivity contribution in [3.63, 3.8) is 0 Å². The van der Waals surface area contributed by atoms with E-state index in [-0.39, 0.29) is 6.10 Å². The van der Waals surface area contributed by atoms with E-state index in [4.69, 9.17) is 14.2 Å². The van der Waals surface area contributed by atoms with Crippen LogP contribution in [0.1, 0.15) is 18.4 Å². The average molecular weight is 426 g/mol. The third-order valence-electron chi connectivity index (χ3n) is 3.48. The molecular formula is C19H23IO3. The molecule has 23 heavy (non-hydrogen) atoms. The third-order valence-corrected chi connectivity index (χ3v) is 4.25. The Morgan fingerprint density at radius 2 is 1.65 bits per heavy atom. The summed E-state index contributed by atoms with van der Waals surface area (Å²) in [6.45, 7) is 1.19. The molecule has 0 aliphatic rings. The van der Waals surface area contributed by atoms with Crippen molar-refractivity contribution in [1.82, 2.24) is 0 Å². The molecule has 4 heteroatoms. The number of hydrogen-bond acceptors (Lipinski definition) is 3. The fourth-order valence-electron chi connectivity index (χ4n) is 2.17. The van der Waals surface area contributed by atoms with Gasteiger partial charge in [0.15, 0.2) is 0 Å². The van der Waals surface area contributed by atoms with Crippen LogP contribution in [0.2, 0.25) is 0 Å². The van der Waals surface area contributed by atoms with Crippen molar-refractivity contribution in [3.8, 4) is 11.5 Å². The zero-order valence-electron chi connectivity index (χ0n) is 13.4. The van der Waals surface area contributed by atoms with E-state index in [9.17, 15) is 0 Å². The van der Waals surface area contributed by atoms with Crippen molar-refractivity contribution in [1.29, 1.82) is 0 Å². The number of benzene rings is 2. The first-order valence-corrected chi connectivity index (χ1v) is 9.32. The fourth-order valence-corrected chi connectivity index (χ4v) is 2.61. The van der Waals surface area contributed by atoms with E-state index in [1.807, 2.05) is 42.5 Å². The van der Waals surface area contributed by atoms with Gasteiger partial charge in [-0.3, -0.25) is 0 Å². The maximum atomic E-state index is 6.04. The lowest BCUT2D eigenvalue weighted by Gasteiger charge is -2.18. The van der Waals surface area contributed by atoms with Crippen molar-refractivity contribution >= 4 is 22.6 Å². The molecule has 2 aromatic rings. The van der Waals surface area contributed by atoms with E-state index in [2.05, 4.69) is 34.7 Å². The molecule has 124 valence electrons. The first-order chi connectivity index (χ1) is 11.3. The molecule has 2 aromatic carbocycles. The minimum absolute atomic E-state index is 0.104. The van der Waals surface area contributed by atoms with Crippen LogP contribution < -0.4 is 9.47 Å². The molecule has 0 heterocycles. The number of methoxy groups -OCH3 is 1. The van der Waals surface area contributed by atoms with Gasteiger partial charge in [0, 0.05) is 0 Å². The van der Waals surface area contributed by atoms with Gasteiger partial charge in [-0.05, 0) is 47.1 Å². The van der Waals surface area contributed by atoms with Gasteiger partial charge in [0.1, 0.15) is 18.1 Å². The molecule has 2 rings (SSSR count). The topological polar surface area (TPSA) is 27.7 Å². The van der Waals surface area contributed by atoms with E-state index in [1.165, 1.54) is 5.56 Å².